The van der Waals surface area contributed by atoms with Gasteiger partial charge >= 0.3 is 11.9 Å². The summed E-state index contributed by atoms with van der Waals surface area (Å²) in [5.74, 6) is -0.295. The summed E-state index contributed by atoms with van der Waals surface area (Å²) in [6, 6.07) is 34.3. The zero-order valence-corrected chi connectivity index (χ0v) is 26.3. The topological polar surface area (TPSA) is 77.5 Å². The Labute approximate surface area is 270 Å². The Hall–Kier alpha value is -4.66. The van der Waals surface area contributed by atoms with E-state index in [-0.39, 0.29) is 35.5 Å². The van der Waals surface area contributed by atoms with Crippen LogP contribution in [0.25, 0.3) is 0 Å². The molecule has 4 atom stereocenters. The van der Waals surface area contributed by atoms with Crippen LogP contribution < -0.4 is 18.9 Å². The van der Waals surface area contributed by atoms with Gasteiger partial charge in [-0.3, -0.25) is 0 Å². The molecule has 8 heteroatoms. The lowest BCUT2D eigenvalue weighted by Gasteiger charge is -2.37. The maximum absolute atomic E-state index is 12.7. The summed E-state index contributed by atoms with van der Waals surface area (Å²) in [6.07, 6.45) is 1.64. The number of piperidine rings is 2. The van der Waals surface area contributed by atoms with Gasteiger partial charge in [0.25, 0.3) is 0 Å². The maximum Gasteiger partial charge on any atom is 0.423 e. The maximum atomic E-state index is 12.7. The van der Waals surface area contributed by atoms with Crippen molar-refractivity contribution in [3.8, 4) is 23.0 Å². The first-order valence-electron chi connectivity index (χ1n) is 15.9. The summed E-state index contributed by atoms with van der Waals surface area (Å²) in [7, 11) is 4.23. The minimum Gasteiger partial charge on any atom is -0.490 e. The fraction of sp³-hybridized carbons (Fsp3) is 0.316. The molecule has 0 aromatic heterocycles. The average molecular weight is 621 g/mol. The fourth-order valence-corrected chi connectivity index (χ4v) is 6.38. The molecule has 0 radical (unpaired) electrons. The molecule has 8 nitrogen and oxygen atoms in total. The van der Waals surface area contributed by atoms with Crippen molar-refractivity contribution in [3.63, 3.8) is 0 Å². The van der Waals surface area contributed by atoms with Gasteiger partial charge in [-0.05, 0) is 62.3 Å². The van der Waals surface area contributed by atoms with Crippen molar-refractivity contribution >= 4 is 11.9 Å². The number of likely N-dealkylation sites (tertiary alicyclic amines) is 2. The first-order valence-corrected chi connectivity index (χ1v) is 15.9. The molecule has 0 saturated carbocycles. The van der Waals surface area contributed by atoms with E-state index in [9.17, 15) is 9.59 Å². The second kappa shape index (κ2) is 14.6. The summed E-state index contributed by atoms with van der Waals surface area (Å²) in [4.78, 5) is 30.1. The predicted octanol–water partition coefficient (Wildman–Crippen LogP) is 5.93. The van der Waals surface area contributed by atoms with Gasteiger partial charge in [-0.15, -0.1) is 0 Å². The van der Waals surface area contributed by atoms with Crippen LogP contribution in [0.1, 0.15) is 35.8 Å². The van der Waals surface area contributed by atoms with Gasteiger partial charge in [0.05, 0.1) is 0 Å². The van der Waals surface area contributed by atoms with Crippen LogP contribution in [0.3, 0.4) is 0 Å². The molecule has 4 aromatic rings. The minimum absolute atomic E-state index is 0.0403. The second-order valence-electron chi connectivity index (χ2n) is 12.2. The monoisotopic (exact) mass is 620 g/mol. The Morgan fingerprint density at radius 1 is 0.543 bits per heavy atom. The van der Waals surface area contributed by atoms with Gasteiger partial charge in [0.2, 0.25) is 0 Å². The van der Waals surface area contributed by atoms with Crippen molar-refractivity contribution < 1.29 is 28.5 Å². The molecule has 6 rings (SSSR count). The van der Waals surface area contributed by atoms with Gasteiger partial charge in [0, 0.05) is 50.1 Å². The van der Waals surface area contributed by atoms with E-state index in [0.29, 0.717) is 11.5 Å². The van der Waals surface area contributed by atoms with Gasteiger partial charge < -0.3 is 28.7 Å². The number of rotatable bonds is 8. The van der Waals surface area contributed by atoms with E-state index in [4.69, 9.17) is 18.9 Å². The van der Waals surface area contributed by atoms with E-state index in [1.54, 1.807) is 36.4 Å². The first kappa shape index (κ1) is 31.3. The summed E-state index contributed by atoms with van der Waals surface area (Å²) in [5, 5.41) is 0. The van der Waals surface area contributed by atoms with Crippen molar-refractivity contribution in [2.24, 2.45) is 0 Å². The van der Waals surface area contributed by atoms with Crippen molar-refractivity contribution in [2.75, 3.05) is 40.3 Å². The molecule has 238 valence electrons. The quantitative estimate of drug-likeness (QED) is 0.136. The normalized spacial score (nSPS) is 22.0. The Balaban J connectivity index is 1.07. The number of benzene rings is 4. The number of hydrogen-bond donors (Lipinski definition) is 0. The van der Waals surface area contributed by atoms with E-state index < -0.39 is 11.9 Å². The lowest BCUT2D eigenvalue weighted by Crippen LogP contribution is -2.42. The molecule has 0 N–H and O–H groups in total. The molecular formula is C38H40N2O6. The number of nitrogens with zero attached hydrogens (tertiary/aromatic N) is 2. The molecule has 0 amide bonds. The molecule has 2 heterocycles. The lowest BCUT2D eigenvalue weighted by molar-refractivity contribution is -0.156. The lowest BCUT2D eigenvalue weighted by atomic mass is 9.88. The molecule has 0 spiro atoms. The molecule has 0 aliphatic carbocycles. The van der Waals surface area contributed by atoms with Crippen LogP contribution in [0.5, 0.6) is 23.0 Å². The van der Waals surface area contributed by atoms with Crippen LogP contribution in [0.2, 0.25) is 0 Å². The van der Waals surface area contributed by atoms with Crippen molar-refractivity contribution in [3.05, 3.63) is 120 Å². The fourth-order valence-electron chi connectivity index (χ4n) is 6.38. The molecular weight excluding hydrogens is 580 g/mol. The van der Waals surface area contributed by atoms with Gasteiger partial charge in [0.1, 0.15) is 35.2 Å². The van der Waals surface area contributed by atoms with Crippen LogP contribution in [0.4, 0.5) is 0 Å². The van der Waals surface area contributed by atoms with Crippen LogP contribution in [-0.2, 0) is 9.59 Å². The van der Waals surface area contributed by atoms with Gasteiger partial charge in [-0.25, -0.2) is 9.59 Å². The van der Waals surface area contributed by atoms with Crippen molar-refractivity contribution in [2.45, 2.75) is 36.9 Å². The Morgan fingerprint density at radius 3 is 1.35 bits per heavy atom. The van der Waals surface area contributed by atoms with Crippen LogP contribution >= 0.6 is 0 Å². The first-order chi connectivity index (χ1) is 22.4. The third kappa shape index (κ3) is 7.94. The SMILES string of the molecule is CN1CCC(Oc2cccc(OC(=O)C(=O)Oc3cccc(OC4CCN(C)CC4c4ccccc4)c3)c2)C(c2ccccc2)C1. The molecule has 4 unspecified atom stereocenters. The highest BCUT2D eigenvalue weighted by molar-refractivity contribution is 6.31. The number of carbonyl (C=O) groups excluding carboxylic acids is 2. The number of esters is 2. The predicted molar refractivity (Wildman–Crippen MR) is 176 cm³/mol. The highest BCUT2D eigenvalue weighted by atomic mass is 16.6. The molecule has 2 fully saturated rings. The summed E-state index contributed by atoms with van der Waals surface area (Å²) >= 11 is 0. The van der Waals surface area contributed by atoms with Gasteiger partial charge in [-0.1, -0.05) is 72.8 Å². The van der Waals surface area contributed by atoms with E-state index >= 15 is 0 Å². The van der Waals surface area contributed by atoms with Crippen LogP contribution in [-0.4, -0.2) is 74.2 Å². The molecule has 2 aliphatic rings. The Morgan fingerprint density at radius 2 is 0.935 bits per heavy atom. The number of carbonyl (C=O) groups is 2. The highest BCUT2D eigenvalue weighted by Crippen LogP contribution is 2.33. The Kier molecular flexibility index (Phi) is 9.96. The van der Waals surface area contributed by atoms with Crippen molar-refractivity contribution in [1.29, 1.82) is 0 Å². The largest absolute Gasteiger partial charge is 0.490 e. The third-order valence-corrected chi connectivity index (χ3v) is 8.73. The number of ether oxygens (including phenoxy) is 4. The zero-order valence-electron chi connectivity index (χ0n) is 26.3. The molecule has 4 aromatic carbocycles. The zero-order chi connectivity index (χ0) is 31.9. The standard InChI is InChI=1S/C38H40N2O6/c1-39-21-19-35(33(25-39)27-11-5-3-6-12-27)43-29-15-9-17-31(23-29)45-37(41)38(42)46-32-18-10-16-30(24-32)44-36-20-22-40(2)26-34(36)28-13-7-4-8-14-28/h3-18,23-24,33-36H,19-22,25-26H2,1-2H3. The van der Waals surface area contributed by atoms with E-state index in [1.165, 1.54) is 11.1 Å². The van der Waals surface area contributed by atoms with Gasteiger partial charge in [0.15, 0.2) is 0 Å². The average Bonchev–Trinajstić information content (AvgIpc) is 3.07. The van der Waals surface area contributed by atoms with Crippen LogP contribution in [0, 0.1) is 0 Å². The van der Waals surface area contributed by atoms with E-state index in [0.717, 1.165) is 39.0 Å². The Bertz CT molecular complexity index is 1490. The second-order valence-corrected chi connectivity index (χ2v) is 12.2. The summed E-state index contributed by atoms with van der Waals surface area (Å²) in [5.41, 5.74) is 2.45. The highest BCUT2D eigenvalue weighted by Gasteiger charge is 2.32. The molecule has 46 heavy (non-hydrogen) atoms. The molecule has 0 bridgehead atoms. The van der Waals surface area contributed by atoms with Crippen LogP contribution in [0.15, 0.2) is 109 Å². The van der Waals surface area contributed by atoms with E-state index in [2.05, 4.69) is 48.2 Å². The van der Waals surface area contributed by atoms with Gasteiger partial charge in [-0.2, -0.15) is 0 Å². The third-order valence-electron chi connectivity index (χ3n) is 8.73. The molecule has 2 aliphatic heterocycles. The summed E-state index contributed by atoms with van der Waals surface area (Å²) < 4.78 is 23.6. The minimum atomic E-state index is -1.12. The van der Waals surface area contributed by atoms with Crippen molar-refractivity contribution in [1.82, 2.24) is 9.80 Å². The van der Waals surface area contributed by atoms with E-state index in [1.807, 2.05) is 48.5 Å². The number of hydrogen-bond acceptors (Lipinski definition) is 8. The molecule has 2 saturated heterocycles. The smallest absolute Gasteiger partial charge is 0.423 e. The number of likely N-dealkylation sites (N-methyl/N-ethyl adjacent to an activating group) is 2. The summed E-state index contributed by atoms with van der Waals surface area (Å²) in [6.45, 7) is 3.61.